The van der Waals surface area contributed by atoms with Gasteiger partial charge in [0.25, 0.3) is 5.91 Å². The summed E-state index contributed by atoms with van der Waals surface area (Å²) < 4.78 is 5.46. The predicted molar refractivity (Wildman–Crippen MR) is 124 cm³/mol. The van der Waals surface area contributed by atoms with Gasteiger partial charge in [0.05, 0.1) is 5.69 Å². The number of amides is 2. The van der Waals surface area contributed by atoms with Crippen molar-refractivity contribution in [1.29, 1.82) is 0 Å². The smallest absolute Gasteiger partial charge is 0.265 e. The molecule has 3 N–H and O–H groups in total. The number of hydrogen-bond acceptors (Lipinski definition) is 4. The minimum atomic E-state index is -0.0286. The van der Waals surface area contributed by atoms with Crippen molar-refractivity contribution in [3.63, 3.8) is 0 Å². The van der Waals surface area contributed by atoms with Crippen LogP contribution in [0.1, 0.15) is 26.2 Å². The van der Waals surface area contributed by atoms with Crippen molar-refractivity contribution < 1.29 is 14.3 Å². The number of hydrogen-bond donors (Lipinski definition) is 3. The van der Waals surface area contributed by atoms with Crippen LogP contribution in [0.3, 0.4) is 0 Å². The van der Waals surface area contributed by atoms with Gasteiger partial charge in [-0.3, -0.25) is 14.6 Å². The lowest BCUT2D eigenvalue weighted by atomic mass is 10.2. The Labute approximate surface area is 188 Å². The van der Waals surface area contributed by atoms with Crippen LogP contribution < -0.4 is 25.6 Å². The second-order valence-corrected chi connectivity index (χ2v) is 6.91. The van der Waals surface area contributed by atoms with Gasteiger partial charge in [-0.05, 0) is 38.3 Å². The van der Waals surface area contributed by atoms with E-state index in [0.717, 1.165) is 43.2 Å². The van der Waals surface area contributed by atoms with Gasteiger partial charge in [0.2, 0.25) is 5.91 Å². The Hall–Kier alpha value is -2.04. The summed E-state index contributed by atoms with van der Waals surface area (Å²) in [5.41, 5.74) is 0.819. The van der Waals surface area contributed by atoms with Gasteiger partial charge < -0.3 is 25.6 Å². The molecule has 2 aliphatic rings. The molecule has 1 fully saturated rings. The van der Waals surface area contributed by atoms with E-state index in [-0.39, 0.29) is 48.3 Å². The number of fused-ring (bicyclic) bond motifs is 1. The van der Waals surface area contributed by atoms with Crippen molar-refractivity contribution in [1.82, 2.24) is 16.0 Å². The van der Waals surface area contributed by atoms with E-state index >= 15 is 0 Å². The number of carbonyl (C=O) groups excluding carboxylic acids is 2. The molecule has 0 unspecified atom stereocenters. The molecule has 9 heteroatoms. The van der Waals surface area contributed by atoms with Crippen LogP contribution in [0.5, 0.6) is 5.75 Å². The Kier molecular flexibility index (Phi) is 9.49. The minimum absolute atomic E-state index is 0. The summed E-state index contributed by atoms with van der Waals surface area (Å²) in [6, 6.07) is 7.58. The molecule has 1 aromatic carbocycles. The Morgan fingerprint density at radius 1 is 1.21 bits per heavy atom. The first-order valence-corrected chi connectivity index (χ1v) is 10.0. The zero-order valence-corrected chi connectivity index (χ0v) is 19.1. The zero-order valence-electron chi connectivity index (χ0n) is 16.8. The third kappa shape index (κ3) is 7.06. The van der Waals surface area contributed by atoms with Gasteiger partial charge in [0, 0.05) is 38.6 Å². The molecule has 29 heavy (non-hydrogen) atoms. The number of carbonyl (C=O) groups is 2. The van der Waals surface area contributed by atoms with Gasteiger partial charge in [0.1, 0.15) is 5.75 Å². The lowest BCUT2D eigenvalue weighted by molar-refractivity contribution is -0.122. The van der Waals surface area contributed by atoms with Crippen LogP contribution in [0.15, 0.2) is 29.3 Å². The van der Waals surface area contributed by atoms with E-state index in [1.807, 2.05) is 31.2 Å². The summed E-state index contributed by atoms with van der Waals surface area (Å²) >= 11 is 0. The molecule has 0 saturated heterocycles. The molecule has 1 aliphatic heterocycles. The summed E-state index contributed by atoms with van der Waals surface area (Å²) in [7, 11) is 0. The zero-order chi connectivity index (χ0) is 19.8. The van der Waals surface area contributed by atoms with Crippen molar-refractivity contribution in [2.75, 3.05) is 44.2 Å². The summed E-state index contributed by atoms with van der Waals surface area (Å²) in [4.78, 5) is 30.1. The Bertz CT molecular complexity index is 724. The molecular formula is C20H30IN5O3. The number of nitrogens with one attached hydrogen (secondary N) is 3. The van der Waals surface area contributed by atoms with Crippen LogP contribution in [-0.4, -0.2) is 57.1 Å². The van der Waals surface area contributed by atoms with E-state index in [1.165, 1.54) is 0 Å². The monoisotopic (exact) mass is 515 g/mol. The van der Waals surface area contributed by atoms with Crippen LogP contribution >= 0.6 is 24.0 Å². The van der Waals surface area contributed by atoms with E-state index in [2.05, 4.69) is 20.9 Å². The SMILES string of the molecule is CCNC(=NCCCN1C(=O)COc2ccccc21)NCCNC(=O)C1CC1.I. The van der Waals surface area contributed by atoms with Gasteiger partial charge in [-0.15, -0.1) is 24.0 Å². The average molecular weight is 515 g/mol. The molecule has 0 radical (unpaired) electrons. The van der Waals surface area contributed by atoms with Crippen LogP contribution in [0.2, 0.25) is 0 Å². The molecule has 0 atom stereocenters. The maximum Gasteiger partial charge on any atom is 0.265 e. The van der Waals surface area contributed by atoms with E-state index < -0.39 is 0 Å². The number of ether oxygens (including phenoxy) is 1. The van der Waals surface area contributed by atoms with E-state index in [4.69, 9.17) is 4.74 Å². The molecule has 1 heterocycles. The number of halogens is 1. The van der Waals surface area contributed by atoms with Gasteiger partial charge in [-0.25, -0.2) is 0 Å². The molecule has 0 bridgehead atoms. The normalized spacial score (nSPS) is 15.7. The summed E-state index contributed by atoms with van der Waals surface area (Å²) in [5.74, 6) is 1.82. The first-order valence-electron chi connectivity index (χ1n) is 10.0. The molecule has 1 aliphatic carbocycles. The quantitative estimate of drug-likeness (QED) is 0.201. The van der Waals surface area contributed by atoms with E-state index in [1.54, 1.807) is 4.90 Å². The Balaban J connectivity index is 0.00000300. The number of guanidine groups is 1. The van der Waals surface area contributed by atoms with Gasteiger partial charge in [-0.2, -0.15) is 0 Å². The Morgan fingerprint density at radius 2 is 1.97 bits per heavy atom. The van der Waals surface area contributed by atoms with E-state index in [0.29, 0.717) is 26.2 Å². The lowest BCUT2D eigenvalue weighted by Gasteiger charge is -2.29. The lowest BCUT2D eigenvalue weighted by Crippen LogP contribution is -2.42. The van der Waals surface area contributed by atoms with Crippen LogP contribution in [0, 0.1) is 5.92 Å². The molecule has 3 rings (SSSR count). The fourth-order valence-corrected chi connectivity index (χ4v) is 3.02. The standard InChI is InChI=1S/C20H29N5O3.HI/c1-2-21-20(24-12-11-22-19(27)15-8-9-15)23-10-5-13-25-16-6-3-4-7-17(16)28-14-18(25)26;/h3-4,6-7,15H,2,5,8-14H2,1H3,(H,22,27)(H2,21,23,24);1H. The highest BCUT2D eigenvalue weighted by atomic mass is 127. The van der Waals surface area contributed by atoms with Crippen LogP contribution in [0.4, 0.5) is 5.69 Å². The average Bonchev–Trinajstić information content (AvgIpc) is 3.55. The third-order valence-electron chi connectivity index (χ3n) is 4.63. The van der Waals surface area contributed by atoms with Crippen molar-refractivity contribution in [2.24, 2.45) is 10.9 Å². The summed E-state index contributed by atoms with van der Waals surface area (Å²) in [5, 5.41) is 9.34. The molecule has 1 aromatic rings. The number of anilines is 1. The minimum Gasteiger partial charge on any atom is -0.482 e. The summed E-state index contributed by atoms with van der Waals surface area (Å²) in [6.45, 7) is 5.25. The maximum atomic E-state index is 12.2. The topological polar surface area (TPSA) is 95.1 Å². The molecular weight excluding hydrogens is 485 g/mol. The third-order valence-corrected chi connectivity index (χ3v) is 4.63. The second-order valence-electron chi connectivity index (χ2n) is 6.91. The highest BCUT2D eigenvalue weighted by Gasteiger charge is 2.29. The van der Waals surface area contributed by atoms with Gasteiger partial charge in [-0.1, -0.05) is 12.1 Å². The van der Waals surface area contributed by atoms with Gasteiger partial charge >= 0.3 is 0 Å². The number of benzene rings is 1. The molecule has 8 nitrogen and oxygen atoms in total. The number of nitrogens with zero attached hydrogens (tertiary/aromatic N) is 2. The number of aliphatic imine (C=N–C) groups is 1. The molecule has 0 aromatic heterocycles. The molecule has 160 valence electrons. The highest BCUT2D eigenvalue weighted by molar-refractivity contribution is 14.0. The molecule has 1 saturated carbocycles. The first kappa shape index (κ1) is 23.2. The number of rotatable bonds is 9. The van der Waals surface area contributed by atoms with Crippen LogP contribution in [-0.2, 0) is 9.59 Å². The van der Waals surface area contributed by atoms with Crippen molar-refractivity contribution >= 4 is 47.4 Å². The first-order chi connectivity index (χ1) is 13.7. The predicted octanol–water partition coefficient (Wildman–Crippen LogP) is 1.50. The Morgan fingerprint density at radius 3 is 2.72 bits per heavy atom. The summed E-state index contributed by atoms with van der Waals surface area (Å²) in [6.07, 6.45) is 2.77. The van der Waals surface area contributed by atoms with Crippen molar-refractivity contribution in [3.05, 3.63) is 24.3 Å². The highest BCUT2D eigenvalue weighted by Crippen LogP contribution is 2.31. The van der Waals surface area contributed by atoms with Gasteiger partial charge in [0.15, 0.2) is 12.6 Å². The number of para-hydroxylation sites is 2. The fraction of sp³-hybridized carbons (Fsp3) is 0.550. The largest absolute Gasteiger partial charge is 0.482 e. The molecule has 2 amide bonds. The van der Waals surface area contributed by atoms with Crippen LogP contribution in [0.25, 0.3) is 0 Å². The second kappa shape index (κ2) is 11.8. The van der Waals surface area contributed by atoms with E-state index in [9.17, 15) is 9.59 Å². The van der Waals surface area contributed by atoms with Crippen molar-refractivity contribution in [2.45, 2.75) is 26.2 Å². The maximum absolute atomic E-state index is 12.2. The fourth-order valence-electron chi connectivity index (χ4n) is 3.02. The van der Waals surface area contributed by atoms with Crippen molar-refractivity contribution in [3.8, 4) is 5.75 Å². The molecule has 0 spiro atoms.